The molecule has 10 fully saturated rings. The lowest BCUT2D eigenvalue weighted by molar-refractivity contribution is -0.389. The monoisotopic (exact) mass is 1380 g/mol. The van der Waals surface area contributed by atoms with Crippen molar-refractivity contribution < 1.29 is 154 Å². The summed E-state index contributed by atoms with van der Waals surface area (Å²) in [5.74, 6) is -0.800. The van der Waals surface area contributed by atoms with Crippen LogP contribution in [0.5, 0.6) is 0 Å². The highest BCUT2D eigenvalue weighted by Crippen LogP contribution is 2.76. The van der Waals surface area contributed by atoms with E-state index in [1.54, 1.807) is 0 Å². The molecule has 0 aromatic rings. The number of fused-ring (bicyclic) bond motifs is 7. The second-order valence-electron chi connectivity index (χ2n) is 31.5. The van der Waals surface area contributed by atoms with E-state index in [0.29, 0.717) is 51.4 Å². The molecular weight excluding hydrogens is 1280 g/mol. The van der Waals surface area contributed by atoms with E-state index in [-0.39, 0.29) is 34.0 Å². The lowest BCUT2D eigenvalue weighted by Gasteiger charge is -2.71. The van der Waals surface area contributed by atoms with Gasteiger partial charge in [0.2, 0.25) is 6.29 Å². The van der Waals surface area contributed by atoms with Gasteiger partial charge in [-0.15, -0.1) is 0 Å². The summed E-state index contributed by atoms with van der Waals surface area (Å²) >= 11 is 0. The van der Waals surface area contributed by atoms with Gasteiger partial charge in [-0.3, -0.25) is 4.79 Å². The Balaban J connectivity index is 0.791. The van der Waals surface area contributed by atoms with Gasteiger partial charge >= 0.3 is 5.97 Å². The van der Waals surface area contributed by atoms with Crippen LogP contribution in [0.25, 0.3) is 0 Å². The fourth-order valence-electron chi connectivity index (χ4n) is 19.0. The van der Waals surface area contributed by atoms with Crippen molar-refractivity contribution in [1.29, 1.82) is 0 Å². The van der Waals surface area contributed by atoms with E-state index in [4.69, 9.17) is 56.8 Å². The van der Waals surface area contributed by atoms with Crippen LogP contribution in [0, 0.1) is 50.2 Å². The zero-order valence-corrected chi connectivity index (χ0v) is 55.6. The fourth-order valence-corrected chi connectivity index (χ4v) is 19.0. The second-order valence-corrected chi connectivity index (χ2v) is 31.5. The maximum atomic E-state index is 15.3. The number of rotatable bonds is 16. The molecule has 4 saturated carbocycles. The van der Waals surface area contributed by atoms with Crippen LogP contribution in [0.1, 0.15) is 120 Å². The highest BCUT2D eigenvalue weighted by atomic mass is 16.8. The van der Waals surface area contributed by atoms with Gasteiger partial charge in [0.15, 0.2) is 31.5 Å². The molecule has 18 N–H and O–H groups in total. The summed E-state index contributed by atoms with van der Waals surface area (Å²) < 4.78 is 72.2. The van der Waals surface area contributed by atoms with Crippen molar-refractivity contribution in [2.45, 2.75) is 304 Å². The third-order valence-electron chi connectivity index (χ3n) is 25.2. The number of aliphatic hydroxyl groups excluding tert-OH is 18. The van der Waals surface area contributed by atoms with Crippen LogP contribution in [0.3, 0.4) is 0 Å². The molecule has 6 saturated heterocycles. The van der Waals surface area contributed by atoms with Crippen molar-refractivity contribution in [3.8, 4) is 0 Å². The molecule has 31 heteroatoms. The molecule has 11 aliphatic rings. The van der Waals surface area contributed by atoms with Crippen molar-refractivity contribution in [2.75, 3.05) is 33.0 Å². The van der Waals surface area contributed by atoms with Crippen LogP contribution in [0.2, 0.25) is 0 Å². The number of allylic oxidation sites excluding steroid dienone is 2. The van der Waals surface area contributed by atoms with Gasteiger partial charge in [-0.25, -0.2) is 0 Å². The molecule has 0 radical (unpaired) electrons. The van der Waals surface area contributed by atoms with E-state index in [1.807, 2.05) is 0 Å². The van der Waals surface area contributed by atoms with Gasteiger partial charge in [0, 0.05) is 0 Å². The Hall–Kier alpha value is -1.95. The molecule has 0 amide bonds. The van der Waals surface area contributed by atoms with Crippen LogP contribution in [-0.2, 0) is 61.6 Å². The SMILES string of the molecule is CC1OC(OC2C(CO)OC(OCC3OC(OC(=O)C45CCC(C)(C)CC4C4=CCC6C7(C)CCC(OC8OCC(O)C(OC9OC(CO)C(O)C(O)C9O)C8OC8OC(CO)C(O)C(O)C8O)C(C)(C)C7CCC6(C)C4(C)CC5)C(O)C(O)C3O)C(O)C2O)C(O)C(O)C1O. The molecule has 37 atom stereocenters. The third kappa shape index (κ3) is 12.9. The largest absolute Gasteiger partial charge is 0.432 e. The maximum absolute atomic E-state index is 15.3. The summed E-state index contributed by atoms with van der Waals surface area (Å²) in [5, 5.41) is 194. The molecule has 6 aliphatic heterocycles. The topological polar surface area (TPSA) is 492 Å². The van der Waals surface area contributed by atoms with E-state index in [2.05, 4.69) is 54.5 Å². The molecule has 552 valence electrons. The van der Waals surface area contributed by atoms with Crippen LogP contribution < -0.4 is 0 Å². The quantitative estimate of drug-likeness (QED) is 0.0392. The maximum Gasteiger partial charge on any atom is 0.315 e. The number of ether oxygens (including phenoxy) is 12. The average Bonchev–Trinajstić information content (AvgIpc) is 0.676. The van der Waals surface area contributed by atoms with Crippen LogP contribution in [0.4, 0.5) is 0 Å². The number of aliphatic hydroxyl groups is 18. The molecule has 5 aliphatic carbocycles. The average molecular weight is 1380 g/mol. The first-order chi connectivity index (χ1) is 45.0. The van der Waals surface area contributed by atoms with E-state index in [0.717, 1.165) is 12.8 Å². The van der Waals surface area contributed by atoms with Crippen LogP contribution in [-0.4, -0.2) is 315 Å². The number of esters is 1. The highest BCUT2D eigenvalue weighted by Gasteiger charge is 2.71. The standard InChI is InChI=1S/C65H106O31/c1-25-36(70)40(74)45(79)54(87-25)94-51-31(22-68)90-53(49(83)44(51)78)86-24-32-39(73)43(77)48(82)57(91-32)96-59(84)65-17-15-60(2,3)19-27(65)26-9-10-34-62(6)13-12-35(61(4,5)33(62)11-14-64(34,8)63(26,7)16-18-65)92-58-52(95-56-47(81)42(76)38(72)30(21-67)89-56)50(28(69)23-85-58)93-55-46(80)41(75)37(71)29(20-66)88-55/h9,25,27-58,66-83H,10-24H2,1-8H3. The molecule has 96 heavy (non-hydrogen) atoms. The minimum Gasteiger partial charge on any atom is -0.432 e. The van der Waals surface area contributed by atoms with Crippen molar-refractivity contribution >= 4 is 5.97 Å². The number of carbonyl (C=O) groups is 1. The molecule has 37 unspecified atom stereocenters. The van der Waals surface area contributed by atoms with Crippen LogP contribution in [0.15, 0.2) is 11.6 Å². The summed E-state index contributed by atoms with van der Waals surface area (Å²) in [7, 11) is 0. The van der Waals surface area contributed by atoms with E-state index in [9.17, 15) is 91.9 Å². The van der Waals surface area contributed by atoms with E-state index < -0.39 is 239 Å². The lowest BCUT2D eigenvalue weighted by Crippen LogP contribution is -2.67. The van der Waals surface area contributed by atoms with Gasteiger partial charge in [-0.05, 0) is 116 Å². The fraction of sp³-hybridized carbons (Fsp3) is 0.954. The third-order valence-corrected chi connectivity index (χ3v) is 25.2. The summed E-state index contributed by atoms with van der Waals surface area (Å²) in [6, 6.07) is 0. The smallest absolute Gasteiger partial charge is 0.315 e. The summed E-state index contributed by atoms with van der Waals surface area (Å²) in [4.78, 5) is 15.3. The summed E-state index contributed by atoms with van der Waals surface area (Å²) in [6.45, 7) is 13.6. The molecule has 0 aromatic carbocycles. The van der Waals surface area contributed by atoms with Gasteiger partial charge in [-0.2, -0.15) is 0 Å². The van der Waals surface area contributed by atoms with E-state index in [1.165, 1.54) is 12.5 Å². The summed E-state index contributed by atoms with van der Waals surface area (Å²) in [6.07, 6.45) is -40.6. The highest BCUT2D eigenvalue weighted by molar-refractivity contribution is 5.79. The molecule has 6 heterocycles. The molecule has 31 nitrogen and oxygen atoms in total. The van der Waals surface area contributed by atoms with Gasteiger partial charge in [0.1, 0.15) is 134 Å². The Morgan fingerprint density at radius 3 is 1.60 bits per heavy atom. The Labute approximate surface area is 556 Å². The second kappa shape index (κ2) is 28.3. The molecule has 0 bridgehead atoms. The lowest BCUT2D eigenvalue weighted by atomic mass is 9.33. The first kappa shape index (κ1) is 75.2. The van der Waals surface area contributed by atoms with Crippen molar-refractivity contribution in [2.24, 2.45) is 50.2 Å². The van der Waals surface area contributed by atoms with Crippen molar-refractivity contribution in [3.05, 3.63) is 11.6 Å². The first-order valence-electron chi connectivity index (χ1n) is 34.1. The summed E-state index contributed by atoms with van der Waals surface area (Å²) in [5.41, 5.74) is -1.77. The van der Waals surface area contributed by atoms with Gasteiger partial charge in [0.05, 0.1) is 50.7 Å². The van der Waals surface area contributed by atoms with Gasteiger partial charge < -0.3 is 149 Å². The van der Waals surface area contributed by atoms with Crippen LogP contribution >= 0.6 is 0 Å². The van der Waals surface area contributed by atoms with Crippen molar-refractivity contribution in [3.63, 3.8) is 0 Å². The first-order valence-corrected chi connectivity index (χ1v) is 34.1. The number of hydrogen-bond acceptors (Lipinski definition) is 31. The zero-order valence-electron chi connectivity index (χ0n) is 55.6. The van der Waals surface area contributed by atoms with Gasteiger partial charge in [0.25, 0.3) is 0 Å². The predicted molar refractivity (Wildman–Crippen MR) is 321 cm³/mol. The Bertz CT molecular complexity index is 2690. The predicted octanol–water partition coefficient (Wildman–Crippen LogP) is -4.72. The Morgan fingerprint density at radius 2 is 1.00 bits per heavy atom. The minimum absolute atomic E-state index is 0.0309. The van der Waals surface area contributed by atoms with Gasteiger partial charge in [-0.1, -0.05) is 60.1 Å². The van der Waals surface area contributed by atoms with Crippen molar-refractivity contribution in [1.82, 2.24) is 0 Å². The molecule has 0 spiro atoms. The molecular formula is C65H106O31. The molecule has 0 aromatic heterocycles. The minimum atomic E-state index is -1.92. The normalized spacial score (nSPS) is 54.1. The number of carbonyl (C=O) groups excluding carboxylic acids is 1. The Morgan fingerprint density at radius 1 is 0.490 bits per heavy atom. The zero-order chi connectivity index (χ0) is 70.0. The Kier molecular flexibility index (Phi) is 22.1. The number of hydrogen-bond donors (Lipinski definition) is 18. The van der Waals surface area contributed by atoms with E-state index >= 15 is 4.79 Å². The molecule has 11 rings (SSSR count).